The number of carboxylic acids is 1. The van der Waals surface area contributed by atoms with Gasteiger partial charge in [0.25, 0.3) is 0 Å². The number of aliphatic carboxylic acids is 1. The normalized spacial score (nSPS) is 14.9. The molecule has 0 spiro atoms. The highest BCUT2D eigenvalue weighted by atomic mass is 16.4. The van der Waals surface area contributed by atoms with Crippen molar-refractivity contribution in [1.82, 2.24) is 0 Å². The molecule has 4 nitrogen and oxygen atoms in total. The molecule has 0 bridgehead atoms. The van der Waals surface area contributed by atoms with E-state index in [0.29, 0.717) is 0 Å². The first-order valence-corrected chi connectivity index (χ1v) is 5.74. The molecule has 0 unspecified atom stereocenters. The molecule has 0 radical (unpaired) electrons. The summed E-state index contributed by atoms with van der Waals surface area (Å²) in [6.45, 7) is 11.1. The van der Waals surface area contributed by atoms with Crippen LogP contribution in [0.15, 0.2) is 16.8 Å². The van der Waals surface area contributed by atoms with Gasteiger partial charge in [-0.15, -0.1) is 0 Å². The van der Waals surface area contributed by atoms with Crippen LogP contribution in [0.5, 0.6) is 0 Å². The quantitative estimate of drug-likeness (QED) is 0.586. The van der Waals surface area contributed by atoms with Gasteiger partial charge in [-0.05, 0) is 27.2 Å². The third-order valence-electron chi connectivity index (χ3n) is 2.53. The molecule has 0 rings (SSSR count). The van der Waals surface area contributed by atoms with E-state index in [0.717, 1.165) is 6.42 Å². The number of nitrogens with zero attached hydrogens (tertiary/aromatic N) is 1. The van der Waals surface area contributed by atoms with Crippen molar-refractivity contribution in [2.45, 2.75) is 53.5 Å². The predicted octanol–water partition coefficient (Wildman–Crippen LogP) is 3.19. The Morgan fingerprint density at radius 3 is 1.94 bits per heavy atom. The molecule has 0 atom stereocenters. The van der Waals surface area contributed by atoms with E-state index in [1.165, 1.54) is 6.08 Å². The Morgan fingerprint density at radius 1 is 1.18 bits per heavy atom. The van der Waals surface area contributed by atoms with E-state index in [9.17, 15) is 9.90 Å². The lowest BCUT2D eigenvalue weighted by Gasteiger charge is -2.22. The zero-order chi connectivity index (χ0) is 13.9. The molecular weight excluding hydrogens is 218 g/mol. The van der Waals surface area contributed by atoms with Crippen molar-refractivity contribution in [3.05, 3.63) is 11.8 Å². The van der Waals surface area contributed by atoms with Crippen molar-refractivity contribution in [3.63, 3.8) is 0 Å². The van der Waals surface area contributed by atoms with E-state index in [4.69, 9.17) is 5.11 Å². The van der Waals surface area contributed by atoms with Crippen LogP contribution in [0.3, 0.4) is 0 Å². The minimum Gasteiger partial charge on any atom is -0.512 e. The lowest BCUT2D eigenvalue weighted by Crippen LogP contribution is -2.21. The summed E-state index contributed by atoms with van der Waals surface area (Å²) < 4.78 is 0. The number of carbonyl (C=O) groups is 1. The van der Waals surface area contributed by atoms with Crippen LogP contribution < -0.4 is 0 Å². The first-order chi connectivity index (χ1) is 7.49. The van der Waals surface area contributed by atoms with Gasteiger partial charge in [-0.25, -0.2) is 4.79 Å². The maximum Gasteiger partial charge on any atom is 0.354 e. The summed E-state index contributed by atoms with van der Waals surface area (Å²) >= 11 is 0. The van der Waals surface area contributed by atoms with E-state index in [2.05, 4.69) is 4.99 Å². The Kier molecular flexibility index (Phi) is 4.93. The highest BCUT2D eigenvalue weighted by Gasteiger charge is 2.23. The van der Waals surface area contributed by atoms with Crippen LogP contribution in [0, 0.1) is 5.41 Å². The Balaban J connectivity index is 5.36. The Morgan fingerprint density at radius 2 is 1.65 bits per heavy atom. The predicted molar refractivity (Wildman–Crippen MR) is 69.6 cm³/mol. The van der Waals surface area contributed by atoms with Crippen molar-refractivity contribution in [3.8, 4) is 0 Å². The summed E-state index contributed by atoms with van der Waals surface area (Å²) in [6, 6.07) is 0. The molecular formula is C13H23NO3. The molecule has 4 heteroatoms. The highest BCUT2D eigenvalue weighted by Crippen LogP contribution is 2.27. The maximum absolute atomic E-state index is 11.0. The van der Waals surface area contributed by atoms with Gasteiger partial charge in [0.1, 0.15) is 11.5 Å². The molecule has 0 aromatic rings. The van der Waals surface area contributed by atoms with E-state index in [1.54, 1.807) is 0 Å². The molecule has 2 N–H and O–H groups in total. The number of rotatable bonds is 4. The van der Waals surface area contributed by atoms with Gasteiger partial charge >= 0.3 is 5.97 Å². The molecule has 17 heavy (non-hydrogen) atoms. The van der Waals surface area contributed by atoms with Crippen molar-refractivity contribution < 1.29 is 15.0 Å². The fraction of sp³-hybridized carbons (Fsp3) is 0.692. The van der Waals surface area contributed by atoms with Gasteiger partial charge in [-0.2, -0.15) is 0 Å². The number of allylic oxidation sites excluding steroid dienone is 1. The molecule has 0 fully saturated rings. The molecule has 0 aromatic carbocycles. The number of carboxylic acid groups (broad SMARTS) is 1. The highest BCUT2D eigenvalue weighted by molar-refractivity contribution is 6.40. The molecule has 0 aliphatic heterocycles. The van der Waals surface area contributed by atoms with Crippen LogP contribution in [0.1, 0.15) is 48.0 Å². The van der Waals surface area contributed by atoms with E-state index < -0.39 is 16.9 Å². The van der Waals surface area contributed by atoms with Crippen molar-refractivity contribution in [2.24, 2.45) is 10.4 Å². The fourth-order valence-corrected chi connectivity index (χ4v) is 1.01. The van der Waals surface area contributed by atoms with Gasteiger partial charge in [0.05, 0.1) is 5.54 Å². The Hall–Kier alpha value is -1.32. The van der Waals surface area contributed by atoms with E-state index in [1.807, 2.05) is 41.5 Å². The van der Waals surface area contributed by atoms with Crippen molar-refractivity contribution in [1.29, 1.82) is 0 Å². The fourth-order valence-electron chi connectivity index (χ4n) is 1.01. The summed E-state index contributed by atoms with van der Waals surface area (Å²) in [6.07, 6.45) is 1.97. The second-order valence-corrected chi connectivity index (χ2v) is 5.74. The average molecular weight is 241 g/mol. The molecule has 98 valence electrons. The largest absolute Gasteiger partial charge is 0.512 e. The van der Waals surface area contributed by atoms with Crippen LogP contribution in [0.2, 0.25) is 0 Å². The van der Waals surface area contributed by atoms with Crippen LogP contribution >= 0.6 is 0 Å². The van der Waals surface area contributed by atoms with Crippen molar-refractivity contribution in [2.75, 3.05) is 0 Å². The Bertz CT molecular complexity index is 346. The number of aliphatic hydroxyl groups excluding tert-OH is 1. The third-order valence-corrected chi connectivity index (χ3v) is 2.53. The molecule has 0 saturated carbocycles. The van der Waals surface area contributed by atoms with Crippen LogP contribution in [0.4, 0.5) is 0 Å². The molecule has 0 aliphatic rings. The van der Waals surface area contributed by atoms with Gasteiger partial charge in [0, 0.05) is 11.5 Å². The minimum absolute atomic E-state index is 0.0467. The van der Waals surface area contributed by atoms with Gasteiger partial charge < -0.3 is 10.2 Å². The first-order valence-electron chi connectivity index (χ1n) is 5.74. The zero-order valence-electron chi connectivity index (χ0n) is 11.5. The molecule has 0 aliphatic carbocycles. The molecule has 0 amide bonds. The molecule has 0 saturated heterocycles. The topological polar surface area (TPSA) is 69.9 Å². The summed E-state index contributed by atoms with van der Waals surface area (Å²) in [5.41, 5.74) is -1.04. The standard InChI is InChI=1S/C13H23NO3/c1-7-13(5,6)10(15)8-9(11(16)17)14-12(2,3)4/h8,15H,7H2,1-6H3,(H,16,17)/b10-8+,14-9+. The van der Waals surface area contributed by atoms with Crippen LogP contribution in [-0.2, 0) is 4.79 Å². The zero-order valence-corrected chi connectivity index (χ0v) is 11.5. The lowest BCUT2D eigenvalue weighted by atomic mass is 9.87. The maximum atomic E-state index is 11.0. The summed E-state index contributed by atoms with van der Waals surface area (Å²) in [5.74, 6) is -1.08. The lowest BCUT2D eigenvalue weighted by molar-refractivity contribution is -0.129. The van der Waals surface area contributed by atoms with Crippen LogP contribution in [0.25, 0.3) is 0 Å². The number of aliphatic imine (C=N–C) groups is 1. The monoisotopic (exact) mass is 241 g/mol. The summed E-state index contributed by atoms with van der Waals surface area (Å²) in [4.78, 5) is 15.1. The average Bonchev–Trinajstić information content (AvgIpc) is 2.14. The van der Waals surface area contributed by atoms with E-state index >= 15 is 0 Å². The first kappa shape index (κ1) is 15.7. The smallest absolute Gasteiger partial charge is 0.354 e. The van der Waals surface area contributed by atoms with Gasteiger partial charge in [-0.3, -0.25) is 4.99 Å². The second kappa shape index (κ2) is 5.34. The van der Waals surface area contributed by atoms with Crippen molar-refractivity contribution >= 4 is 11.7 Å². The van der Waals surface area contributed by atoms with Gasteiger partial charge in [0.2, 0.25) is 0 Å². The number of hydrogen-bond acceptors (Lipinski definition) is 3. The van der Waals surface area contributed by atoms with Gasteiger partial charge in [-0.1, -0.05) is 20.8 Å². The van der Waals surface area contributed by atoms with E-state index in [-0.39, 0.29) is 11.5 Å². The summed E-state index contributed by atoms with van der Waals surface area (Å²) in [7, 11) is 0. The molecule has 0 heterocycles. The molecule has 0 aromatic heterocycles. The SMILES string of the molecule is CCC(C)(C)/C(O)=C\C(=N/C(C)(C)C)C(=O)O. The second-order valence-electron chi connectivity index (χ2n) is 5.74. The minimum atomic E-state index is -1.13. The number of hydrogen-bond donors (Lipinski definition) is 2. The van der Waals surface area contributed by atoms with Gasteiger partial charge in [0.15, 0.2) is 0 Å². The van der Waals surface area contributed by atoms with Crippen LogP contribution in [-0.4, -0.2) is 27.4 Å². The Labute approximate surface area is 103 Å². The third kappa shape index (κ3) is 5.52. The number of aliphatic hydroxyl groups is 1. The summed E-state index contributed by atoms with van der Waals surface area (Å²) in [5, 5.41) is 18.9.